The van der Waals surface area contributed by atoms with Crippen LogP contribution in [0.1, 0.15) is 24.4 Å². The van der Waals surface area contributed by atoms with Crippen LogP contribution in [0.2, 0.25) is 0 Å². The molecule has 0 amide bonds. The number of nitrogens with one attached hydrogen (secondary N) is 1. The molecule has 1 aromatic rings. The highest BCUT2D eigenvalue weighted by Gasteiger charge is 2.19. The van der Waals surface area contributed by atoms with Crippen LogP contribution in [0.25, 0.3) is 0 Å². The number of allylic oxidation sites excluding steroid dienone is 1. The summed E-state index contributed by atoms with van der Waals surface area (Å²) >= 11 is 3.02. The molecule has 3 N–H and O–H groups in total. The van der Waals surface area contributed by atoms with Gasteiger partial charge in [-0.2, -0.15) is 0 Å². The van der Waals surface area contributed by atoms with Crippen molar-refractivity contribution in [2.45, 2.75) is 18.9 Å². The molecule has 1 unspecified atom stereocenters. The molecule has 0 aliphatic carbocycles. The molecule has 1 aromatic carbocycles. The second-order valence-corrected chi connectivity index (χ2v) is 4.28. The molecule has 0 radical (unpaired) electrons. The third-order valence-electron chi connectivity index (χ3n) is 2.25. The molecule has 0 heterocycles. The van der Waals surface area contributed by atoms with Crippen molar-refractivity contribution in [3.63, 3.8) is 0 Å². The minimum Gasteiger partial charge on any atom is -0.271 e. The number of hydrogen-bond donors (Lipinski definition) is 2. The average Bonchev–Trinajstić information content (AvgIpc) is 2.21. The number of rotatable bonds is 5. The summed E-state index contributed by atoms with van der Waals surface area (Å²) < 4.78 is 27.5. The molecule has 5 heteroatoms. The monoisotopic (exact) mass is 290 g/mol. The number of hydrazine groups is 1. The Kier molecular flexibility index (Phi) is 5.05. The van der Waals surface area contributed by atoms with Gasteiger partial charge in [0.15, 0.2) is 0 Å². The normalized spacial score (nSPS) is 12.5. The van der Waals surface area contributed by atoms with Gasteiger partial charge in [-0.3, -0.25) is 11.3 Å². The Balaban J connectivity index is 3.04. The molecule has 2 nitrogen and oxygen atoms in total. The minimum atomic E-state index is -0.612. The summed E-state index contributed by atoms with van der Waals surface area (Å²) in [5.41, 5.74) is 2.38. The molecule has 0 saturated heterocycles. The fraction of sp³-hybridized carbons (Fsp3) is 0.273. The molecule has 0 aliphatic heterocycles. The first-order chi connectivity index (χ1) is 7.60. The van der Waals surface area contributed by atoms with Crippen molar-refractivity contribution in [1.29, 1.82) is 0 Å². The molecular formula is C11H13BrF2N2. The lowest BCUT2D eigenvalue weighted by molar-refractivity contribution is 0.456. The van der Waals surface area contributed by atoms with Crippen molar-refractivity contribution in [2.24, 2.45) is 5.84 Å². The van der Waals surface area contributed by atoms with E-state index in [1.165, 1.54) is 12.1 Å². The molecule has 0 saturated carbocycles. The Labute approximate surface area is 102 Å². The van der Waals surface area contributed by atoms with Crippen LogP contribution in [-0.2, 0) is 0 Å². The van der Waals surface area contributed by atoms with Gasteiger partial charge in [0.1, 0.15) is 11.6 Å². The van der Waals surface area contributed by atoms with Crippen LogP contribution in [0.4, 0.5) is 8.78 Å². The van der Waals surface area contributed by atoms with E-state index in [4.69, 9.17) is 5.84 Å². The smallest absolute Gasteiger partial charge is 0.132 e. The van der Waals surface area contributed by atoms with E-state index in [9.17, 15) is 8.78 Å². The lowest BCUT2D eigenvalue weighted by Gasteiger charge is -2.17. The Morgan fingerprint density at radius 3 is 2.44 bits per heavy atom. The maximum absolute atomic E-state index is 13.6. The van der Waals surface area contributed by atoms with Crippen molar-refractivity contribution >= 4 is 15.9 Å². The van der Waals surface area contributed by atoms with E-state index in [0.29, 0.717) is 17.3 Å². The third-order valence-corrected chi connectivity index (χ3v) is 2.71. The summed E-state index contributed by atoms with van der Waals surface area (Å²) in [5, 5.41) is 0. The molecular weight excluding hydrogens is 278 g/mol. The third kappa shape index (κ3) is 3.10. The molecule has 0 fully saturated rings. The van der Waals surface area contributed by atoms with Gasteiger partial charge in [0, 0.05) is 10.0 Å². The van der Waals surface area contributed by atoms with Crippen molar-refractivity contribution in [1.82, 2.24) is 5.43 Å². The molecule has 0 spiro atoms. The lowest BCUT2D eigenvalue weighted by atomic mass is 10.0. The first-order valence-corrected chi connectivity index (χ1v) is 5.61. The molecule has 1 rings (SSSR count). The van der Waals surface area contributed by atoms with Crippen LogP contribution in [0, 0.1) is 11.6 Å². The van der Waals surface area contributed by atoms with E-state index < -0.39 is 17.7 Å². The highest BCUT2D eigenvalue weighted by Crippen LogP contribution is 2.27. The molecule has 88 valence electrons. The second kappa shape index (κ2) is 6.08. The highest BCUT2D eigenvalue weighted by molar-refractivity contribution is 9.10. The summed E-state index contributed by atoms with van der Waals surface area (Å²) in [6.07, 6.45) is 2.80. The number of halogens is 3. The van der Waals surface area contributed by atoms with Gasteiger partial charge in [0.2, 0.25) is 0 Å². The number of hydrogen-bond acceptors (Lipinski definition) is 2. The van der Waals surface area contributed by atoms with Gasteiger partial charge in [0.25, 0.3) is 0 Å². The van der Waals surface area contributed by atoms with Crippen molar-refractivity contribution in [3.8, 4) is 0 Å². The SMILES string of the molecule is C=CCCC(NN)c1c(F)cc(Br)cc1F. The zero-order chi connectivity index (χ0) is 12.1. The van der Waals surface area contributed by atoms with E-state index in [2.05, 4.69) is 27.9 Å². The van der Waals surface area contributed by atoms with Gasteiger partial charge in [-0.25, -0.2) is 8.78 Å². The summed E-state index contributed by atoms with van der Waals surface area (Å²) in [5.74, 6) is 4.07. The molecule has 0 bridgehead atoms. The van der Waals surface area contributed by atoms with Crippen molar-refractivity contribution in [2.75, 3.05) is 0 Å². The Morgan fingerprint density at radius 1 is 1.44 bits per heavy atom. The highest BCUT2D eigenvalue weighted by atomic mass is 79.9. The van der Waals surface area contributed by atoms with Crippen LogP contribution < -0.4 is 11.3 Å². The zero-order valence-corrected chi connectivity index (χ0v) is 10.2. The first kappa shape index (κ1) is 13.3. The van der Waals surface area contributed by atoms with Crippen LogP contribution in [-0.4, -0.2) is 0 Å². The van der Waals surface area contributed by atoms with Crippen molar-refractivity contribution < 1.29 is 8.78 Å². The van der Waals surface area contributed by atoms with E-state index in [-0.39, 0.29) is 5.56 Å². The van der Waals surface area contributed by atoms with E-state index in [0.717, 1.165) is 0 Å². The van der Waals surface area contributed by atoms with Gasteiger partial charge in [0.05, 0.1) is 6.04 Å². The summed E-state index contributed by atoms with van der Waals surface area (Å²) in [6.45, 7) is 3.56. The fourth-order valence-corrected chi connectivity index (χ4v) is 1.88. The van der Waals surface area contributed by atoms with Gasteiger partial charge >= 0.3 is 0 Å². The predicted molar refractivity (Wildman–Crippen MR) is 63.6 cm³/mol. The van der Waals surface area contributed by atoms with Crippen LogP contribution in [0.5, 0.6) is 0 Å². The van der Waals surface area contributed by atoms with Gasteiger partial charge in [-0.15, -0.1) is 6.58 Å². The van der Waals surface area contributed by atoms with Crippen LogP contribution >= 0.6 is 15.9 Å². The Bertz CT molecular complexity index is 359. The Hall–Kier alpha value is -0.780. The molecule has 1 atom stereocenters. The maximum atomic E-state index is 13.6. The van der Waals surface area contributed by atoms with E-state index in [1.807, 2.05) is 0 Å². The molecule has 0 aliphatic rings. The minimum absolute atomic E-state index is 0.0347. The summed E-state index contributed by atoms with van der Waals surface area (Å²) in [4.78, 5) is 0. The first-order valence-electron chi connectivity index (χ1n) is 4.81. The fourth-order valence-electron chi connectivity index (χ4n) is 1.48. The Morgan fingerprint density at radius 2 is 2.00 bits per heavy atom. The zero-order valence-electron chi connectivity index (χ0n) is 8.64. The van der Waals surface area contributed by atoms with Crippen molar-refractivity contribution in [3.05, 3.63) is 46.5 Å². The molecule has 0 aromatic heterocycles. The quantitative estimate of drug-likeness (QED) is 0.496. The van der Waals surface area contributed by atoms with E-state index >= 15 is 0 Å². The second-order valence-electron chi connectivity index (χ2n) is 3.37. The molecule has 16 heavy (non-hydrogen) atoms. The average molecular weight is 291 g/mol. The van der Waals surface area contributed by atoms with Gasteiger partial charge in [-0.05, 0) is 25.0 Å². The largest absolute Gasteiger partial charge is 0.271 e. The summed E-state index contributed by atoms with van der Waals surface area (Å²) in [6, 6.07) is 1.89. The maximum Gasteiger partial charge on any atom is 0.132 e. The lowest BCUT2D eigenvalue weighted by Crippen LogP contribution is -2.29. The van der Waals surface area contributed by atoms with E-state index in [1.54, 1.807) is 6.08 Å². The standard InChI is InChI=1S/C11H13BrF2N2/c1-2-3-4-10(16-15)11-8(13)5-7(12)6-9(11)14/h2,5-6,10,16H,1,3-4,15H2. The topological polar surface area (TPSA) is 38.0 Å². The van der Waals surface area contributed by atoms with Crippen LogP contribution in [0.3, 0.4) is 0 Å². The summed E-state index contributed by atoms with van der Waals surface area (Å²) in [7, 11) is 0. The number of nitrogens with two attached hydrogens (primary N) is 1. The predicted octanol–water partition coefficient (Wildman–Crippen LogP) is 3.20. The van der Waals surface area contributed by atoms with Crippen LogP contribution in [0.15, 0.2) is 29.3 Å². The van der Waals surface area contributed by atoms with Gasteiger partial charge < -0.3 is 0 Å². The number of benzene rings is 1. The van der Waals surface area contributed by atoms with Gasteiger partial charge in [-0.1, -0.05) is 22.0 Å².